The van der Waals surface area contributed by atoms with Crippen molar-refractivity contribution in [1.82, 2.24) is 14.5 Å². The molecule has 0 aliphatic carbocycles. The van der Waals surface area contributed by atoms with Gasteiger partial charge >= 0.3 is 6.18 Å². The second-order valence-electron chi connectivity index (χ2n) is 9.85. The largest absolute Gasteiger partial charge is 0.416 e. The lowest BCUT2D eigenvalue weighted by molar-refractivity contribution is -0.137. The SMILES string of the molecule is Cc1nc(SCCCCC(=O)N2CCN(c3cccc(C(F)(F)F)c3)CC2)n(C)c(=O)c1Cc1cccc(Cl)c1. The summed E-state index contributed by atoms with van der Waals surface area (Å²) in [6.07, 6.45) is -2.00. The molecule has 11 heteroatoms. The van der Waals surface area contributed by atoms with Crippen LogP contribution >= 0.6 is 23.4 Å². The van der Waals surface area contributed by atoms with Gasteiger partial charge in [0.25, 0.3) is 5.56 Å². The Kier molecular flexibility index (Phi) is 9.84. The minimum absolute atomic E-state index is 0.0560. The first-order valence-corrected chi connectivity index (χ1v) is 14.5. The zero-order valence-electron chi connectivity index (χ0n) is 22.5. The third-order valence-electron chi connectivity index (χ3n) is 7.01. The summed E-state index contributed by atoms with van der Waals surface area (Å²) in [5.41, 5.74) is 2.08. The average Bonchev–Trinajstić information content (AvgIpc) is 2.93. The number of rotatable bonds is 9. The number of hydrogen-bond donors (Lipinski definition) is 0. The Labute approximate surface area is 241 Å². The van der Waals surface area contributed by atoms with E-state index in [9.17, 15) is 22.8 Å². The molecule has 40 heavy (non-hydrogen) atoms. The number of aryl methyl sites for hydroxylation is 1. The van der Waals surface area contributed by atoms with Crippen molar-refractivity contribution in [2.24, 2.45) is 7.05 Å². The van der Waals surface area contributed by atoms with Crippen molar-refractivity contribution in [2.75, 3.05) is 36.8 Å². The molecule has 0 radical (unpaired) electrons. The highest BCUT2D eigenvalue weighted by Gasteiger charge is 2.31. The summed E-state index contributed by atoms with van der Waals surface area (Å²) in [5, 5.41) is 1.28. The van der Waals surface area contributed by atoms with Gasteiger partial charge < -0.3 is 9.80 Å². The van der Waals surface area contributed by atoms with Crippen molar-refractivity contribution in [2.45, 2.75) is 43.9 Å². The fourth-order valence-electron chi connectivity index (χ4n) is 4.71. The molecule has 1 aliphatic rings. The van der Waals surface area contributed by atoms with E-state index < -0.39 is 11.7 Å². The van der Waals surface area contributed by atoms with E-state index >= 15 is 0 Å². The highest BCUT2D eigenvalue weighted by molar-refractivity contribution is 7.99. The van der Waals surface area contributed by atoms with Crippen LogP contribution in [0, 0.1) is 6.92 Å². The molecule has 1 saturated heterocycles. The van der Waals surface area contributed by atoms with Gasteiger partial charge in [-0.3, -0.25) is 14.2 Å². The van der Waals surface area contributed by atoms with Crippen LogP contribution in [0.1, 0.15) is 41.6 Å². The number of benzene rings is 2. The first-order chi connectivity index (χ1) is 19.0. The number of amides is 1. The molecule has 0 N–H and O–H groups in total. The maximum absolute atomic E-state index is 13.0. The summed E-state index contributed by atoms with van der Waals surface area (Å²) in [4.78, 5) is 34.0. The van der Waals surface area contributed by atoms with Gasteiger partial charge in [0.05, 0.1) is 5.56 Å². The Morgan fingerprint density at radius 2 is 1.77 bits per heavy atom. The summed E-state index contributed by atoms with van der Waals surface area (Å²) < 4.78 is 40.7. The number of thioether (sulfide) groups is 1. The topological polar surface area (TPSA) is 58.4 Å². The van der Waals surface area contributed by atoms with Crippen LogP contribution in [-0.2, 0) is 24.4 Å². The number of anilines is 1. The second-order valence-corrected chi connectivity index (χ2v) is 11.3. The lowest BCUT2D eigenvalue weighted by atomic mass is 10.1. The zero-order chi connectivity index (χ0) is 28.9. The van der Waals surface area contributed by atoms with Crippen molar-refractivity contribution in [3.63, 3.8) is 0 Å². The number of hydrogen-bond acceptors (Lipinski definition) is 5. The number of alkyl halides is 3. The van der Waals surface area contributed by atoms with Crippen molar-refractivity contribution < 1.29 is 18.0 Å². The molecular weight excluding hydrogens is 561 g/mol. The number of unbranched alkanes of at least 4 members (excludes halogenated alkanes) is 1. The Balaban J connectivity index is 1.21. The normalized spacial score (nSPS) is 14.1. The standard InChI is InChI=1S/C29H32ClF3N4O2S/c1-20-25(18-21-7-5-9-23(30)17-21)27(39)35(2)28(34-20)40-16-4-3-11-26(38)37-14-12-36(13-15-37)24-10-6-8-22(19-24)29(31,32)33/h5-10,17,19H,3-4,11-16,18H2,1-2H3. The molecule has 0 atom stereocenters. The van der Waals surface area contributed by atoms with Crippen LogP contribution in [0.3, 0.4) is 0 Å². The predicted molar refractivity (Wildman–Crippen MR) is 153 cm³/mol. The van der Waals surface area contributed by atoms with Crippen molar-refractivity contribution in [3.05, 3.63) is 86.3 Å². The molecule has 4 rings (SSSR count). The van der Waals surface area contributed by atoms with E-state index in [1.165, 1.54) is 17.8 Å². The number of piperazine rings is 1. The molecule has 6 nitrogen and oxygen atoms in total. The minimum Gasteiger partial charge on any atom is -0.368 e. The van der Waals surface area contributed by atoms with Gasteiger partial charge in [-0.25, -0.2) is 4.98 Å². The van der Waals surface area contributed by atoms with Gasteiger partial charge in [-0.05, 0) is 55.7 Å². The van der Waals surface area contributed by atoms with Crippen molar-refractivity contribution >= 4 is 35.0 Å². The molecule has 2 aromatic carbocycles. The highest BCUT2D eigenvalue weighted by atomic mass is 35.5. The molecule has 1 aliphatic heterocycles. The summed E-state index contributed by atoms with van der Waals surface area (Å²) in [7, 11) is 1.72. The van der Waals surface area contributed by atoms with E-state index in [2.05, 4.69) is 4.98 Å². The monoisotopic (exact) mass is 592 g/mol. The van der Waals surface area contributed by atoms with Crippen LogP contribution in [0.5, 0.6) is 0 Å². The van der Waals surface area contributed by atoms with Gasteiger partial charge in [0.1, 0.15) is 0 Å². The van der Waals surface area contributed by atoms with Crippen LogP contribution < -0.4 is 10.5 Å². The molecule has 1 amide bonds. The van der Waals surface area contributed by atoms with Gasteiger partial charge in [0.2, 0.25) is 5.91 Å². The smallest absolute Gasteiger partial charge is 0.368 e. The fourth-order valence-corrected chi connectivity index (χ4v) is 5.93. The summed E-state index contributed by atoms with van der Waals surface area (Å²) in [6.45, 7) is 3.80. The Bertz CT molecular complexity index is 1400. The summed E-state index contributed by atoms with van der Waals surface area (Å²) in [6, 6.07) is 12.8. The van der Waals surface area contributed by atoms with E-state index in [-0.39, 0.29) is 11.5 Å². The number of nitrogens with zero attached hydrogens (tertiary/aromatic N) is 4. The van der Waals surface area contributed by atoms with E-state index in [4.69, 9.17) is 11.6 Å². The van der Waals surface area contributed by atoms with E-state index in [1.807, 2.05) is 30.0 Å². The lowest BCUT2D eigenvalue weighted by Gasteiger charge is -2.36. The Morgan fingerprint density at radius 1 is 1.05 bits per heavy atom. The molecular formula is C29H32ClF3N4O2S. The highest BCUT2D eigenvalue weighted by Crippen LogP contribution is 2.32. The third kappa shape index (κ3) is 7.60. The van der Waals surface area contributed by atoms with Crippen molar-refractivity contribution in [3.8, 4) is 0 Å². The van der Waals surface area contributed by atoms with Gasteiger partial charge in [-0.15, -0.1) is 0 Å². The van der Waals surface area contributed by atoms with E-state index in [1.54, 1.807) is 28.6 Å². The van der Waals surface area contributed by atoms with Crippen LogP contribution in [-0.4, -0.2) is 52.3 Å². The predicted octanol–water partition coefficient (Wildman–Crippen LogP) is 5.96. The molecule has 0 bridgehead atoms. The van der Waals surface area contributed by atoms with Gasteiger partial charge in [-0.2, -0.15) is 13.2 Å². The molecule has 0 spiro atoms. The minimum atomic E-state index is -4.38. The summed E-state index contributed by atoms with van der Waals surface area (Å²) in [5.74, 6) is 0.782. The molecule has 214 valence electrons. The summed E-state index contributed by atoms with van der Waals surface area (Å²) >= 11 is 7.58. The Morgan fingerprint density at radius 3 is 2.48 bits per heavy atom. The van der Waals surface area contributed by atoms with Crippen LogP contribution in [0.4, 0.5) is 18.9 Å². The first kappa shape index (κ1) is 30.0. The van der Waals surface area contributed by atoms with E-state index in [0.29, 0.717) is 72.6 Å². The molecule has 1 aromatic heterocycles. The third-order valence-corrected chi connectivity index (χ3v) is 8.36. The van der Waals surface area contributed by atoms with Gasteiger partial charge in [0, 0.05) is 73.8 Å². The fraction of sp³-hybridized carbons (Fsp3) is 0.414. The number of carbonyl (C=O) groups excluding carboxylic acids is 1. The number of aromatic nitrogens is 2. The molecule has 0 unspecified atom stereocenters. The maximum Gasteiger partial charge on any atom is 0.416 e. The van der Waals surface area contributed by atoms with Crippen LogP contribution in [0.25, 0.3) is 0 Å². The molecule has 3 aromatic rings. The zero-order valence-corrected chi connectivity index (χ0v) is 24.1. The maximum atomic E-state index is 13.0. The van der Waals surface area contributed by atoms with Gasteiger partial charge in [-0.1, -0.05) is 41.6 Å². The number of halogens is 4. The van der Waals surface area contributed by atoms with Crippen molar-refractivity contribution in [1.29, 1.82) is 0 Å². The quantitative estimate of drug-likeness (QED) is 0.174. The molecule has 2 heterocycles. The van der Waals surface area contributed by atoms with E-state index in [0.717, 1.165) is 29.9 Å². The molecule has 0 saturated carbocycles. The average molecular weight is 593 g/mol. The second kappa shape index (κ2) is 13.1. The molecule has 1 fully saturated rings. The lowest BCUT2D eigenvalue weighted by Crippen LogP contribution is -2.48. The van der Waals surface area contributed by atoms with Gasteiger partial charge in [0.15, 0.2) is 5.16 Å². The first-order valence-electron chi connectivity index (χ1n) is 13.2. The Hall–Kier alpha value is -2.98. The van der Waals surface area contributed by atoms with Crippen LogP contribution in [0.15, 0.2) is 58.5 Å². The van der Waals surface area contributed by atoms with Crippen LogP contribution in [0.2, 0.25) is 5.02 Å². The number of carbonyl (C=O) groups is 1.